The summed E-state index contributed by atoms with van der Waals surface area (Å²) in [6, 6.07) is 15.1. The molecule has 0 spiro atoms. The molecule has 0 bridgehead atoms. The van der Waals surface area contributed by atoms with Crippen molar-refractivity contribution in [1.29, 1.82) is 0 Å². The molecule has 4 heteroatoms. The first-order valence-electron chi connectivity index (χ1n) is 7.33. The minimum absolute atomic E-state index is 0.216. The number of anilines is 1. The predicted octanol–water partition coefficient (Wildman–Crippen LogP) is 2.99. The Morgan fingerprint density at radius 1 is 1.05 bits per heavy atom. The minimum Gasteiger partial charge on any atom is -0.309 e. The van der Waals surface area contributed by atoms with Crippen LogP contribution in [-0.2, 0) is 17.6 Å². The lowest BCUT2D eigenvalue weighted by atomic mass is 9.85. The fraction of sp³-hybridized carbons (Fsp3) is 0.222. The summed E-state index contributed by atoms with van der Waals surface area (Å²) in [4.78, 5) is 25.9. The van der Waals surface area contributed by atoms with E-state index in [1.54, 1.807) is 11.0 Å². The number of amides is 1. The number of carbonyl (C=O) groups is 2. The second kappa shape index (κ2) is 4.68. The van der Waals surface area contributed by atoms with Gasteiger partial charge >= 0.3 is 0 Å². The zero-order chi connectivity index (χ0) is 15.3. The Morgan fingerprint density at radius 2 is 1.82 bits per heavy atom. The van der Waals surface area contributed by atoms with Gasteiger partial charge in [-0.1, -0.05) is 54.1 Å². The predicted molar refractivity (Wildman–Crippen MR) is 85.6 cm³/mol. The van der Waals surface area contributed by atoms with Gasteiger partial charge in [0.2, 0.25) is 0 Å². The van der Waals surface area contributed by atoms with E-state index in [2.05, 4.69) is 0 Å². The topological polar surface area (TPSA) is 37.4 Å². The first-order chi connectivity index (χ1) is 10.6. The summed E-state index contributed by atoms with van der Waals surface area (Å²) in [6.45, 7) is 0.599. The molecule has 2 aromatic rings. The smallest absolute Gasteiger partial charge is 0.256 e. The number of carbonyl (C=O) groups excluding carboxylic acids is 2. The van der Waals surface area contributed by atoms with Crippen LogP contribution in [0.1, 0.15) is 21.5 Å². The number of nitrogens with zero attached hydrogens (tertiary/aromatic N) is 1. The molecule has 4 rings (SSSR count). The molecule has 110 valence electrons. The third-order valence-corrected chi connectivity index (χ3v) is 4.94. The lowest BCUT2D eigenvalue weighted by Crippen LogP contribution is -2.55. The van der Waals surface area contributed by atoms with Crippen LogP contribution in [0.15, 0.2) is 48.5 Å². The molecule has 1 unspecified atom stereocenters. The number of Topliss-reactive ketones (excluding diaryl/α,β-unsaturated/α-hetero) is 1. The number of halogens is 1. The van der Waals surface area contributed by atoms with Crippen LogP contribution < -0.4 is 4.90 Å². The molecule has 2 aliphatic heterocycles. The third kappa shape index (κ3) is 1.75. The lowest BCUT2D eigenvalue weighted by Gasteiger charge is -2.35. The van der Waals surface area contributed by atoms with E-state index in [9.17, 15) is 9.59 Å². The molecule has 22 heavy (non-hydrogen) atoms. The van der Waals surface area contributed by atoms with Crippen LogP contribution in [0.4, 0.5) is 5.69 Å². The first kappa shape index (κ1) is 13.5. The van der Waals surface area contributed by atoms with Crippen LogP contribution >= 0.6 is 11.6 Å². The highest BCUT2D eigenvalue weighted by atomic mass is 35.5. The summed E-state index contributed by atoms with van der Waals surface area (Å²) >= 11 is 6.59. The molecule has 0 radical (unpaired) electrons. The fourth-order valence-electron chi connectivity index (χ4n) is 3.40. The van der Waals surface area contributed by atoms with E-state index in [1.165, 1.54) is 0 Å². The van der Waals surface area contributed by atoms with E-state index >= 15 is 0 Å². The first-order valence-corrected chi connectivity index (χ1v) is 7.70. The summed E-state index contributed by atoms with van der Waals surface area (Å²) < 4.78 is 0. The molecule has 0 N–H and O–H groups in total. The highest BCUT2D eigenvalue weighted by Gasteiger charge is 2.53. The van der Waals surface area contributed by atoms with Crippen LogP contribution in [0.25, 0.3) is 0 Å². The van der Waals surface area contributed by atoms with E-state index in [0.29, 0.717) is 12.1 Å². The Hall–Kier alpha value is -2.13. The molecule has 0 saturated carbocycles. The van der Waals surface area contributed by atoms with Crippen LogP contribution in [0.3, 0.4) is 0 Å². The number of rotatable bonds is 2. The Kier molecular flexibility index (Phi) is 2.88. The summed E-state index contributed by atoms with van der Waals surface area (Å²) in [5.41, 5.74) is 3.28. The van der Waals surface area contributed by atoms with Crippen LogP contribution in [-0.4, -0.2) is 23.1 Å². The molecular formula is C18H14ClNO2. The van der Waals surface area contributed by atoms with Gasteiger partial charge in [0.25, 0.3) is 5.91 Å². The van der Waals surface area contributed by atoms with Crippen molar-refractivity contribution in [3.05, 3.63) is 65.2 Å². The highest BCUT2D eigenvalue weighted by Crippen LogP contribution is 2.43. The van der Waals surface area contributed by atoms with Crippen LogP contribution in [0, 0.1) is 0 Å². The molecule has 1 amide bonds. The molecule has 0 aliphatic carbocycles. The minimum atomic E-state index is -1.53. The number of para-hydroxylation sites is 1. The highest BCUT2D eigenvalue weighted by molar-refractivity contribution is 6.52. The maximum Gasteiger partial charge on any atom is 0.256 e. The largest absolute Gasteiger partial charge is 0.309 e. The molecule has 0 aromatic heterocycles. The number of hydrogen-bond donors (Lipinski definition) is 0. The van der Waals surface area contributed by atoms with Crippen molar-refractivity contribution in [3.63, 3.8) is 0 Å². The Labute approximate surface area is 133 Å². The average molecular weight is 312 g/mol. The van der Waals surface area contributed by atoms with E-state index in [1.807, 2.05) is 42.5 Å². The van der Waals surface area contributed by atoms with Crippen molar-refractivity contribution in [2.75, 3.05) is 11.4 Å². The molecule has 2 aromatic carbocycles. The SMILES string of the molecule is O=C1c2cccc3c2N(CC3)C(=O)C1(Cl)Cc1ccccc1. The average Bonchev–Trinajstić information content (AvgIpc) is 2.97. The second-order valence-corrected chi connectivity index (χ2v) is 6.46. The normalized spacial score (nSPS) is 22.9. The van der Waals surface area contributed by atoms with Gasteiger partial charge in [0.15, 0.2) is 10.7 Å². The van der Waals surface area contributed by atoms with Gasteiger partial charge in [0.05, 0.1) is 5.69 Å². The van der Waals surface area contributed by atoms with E-state index in [0.717, 1.165) is 23.2 Å². The summed E-state index contributed by atoms with van der Waals surface area (Å²) in [5.74, 6) is -0.571. The van der Waals surface area contributed by atoms with Gasteiger partial charge in [-0.05, 0) is 23.6 Å². The van der Waals surface area contributed by atoms with Crippen molar-refractivity contribution in [3.8, 4) is 0 Å². The number of benzene rings is 2. The van der Waals surface area contributed by atoms with E-state index in [4.69, 9.17) is 11.6 Å². The summed E-state index contributed by atoms with van der Waals surface area (Å²) in [5, 5.41) is 0. The fourth-order valence-corrected chi connectivity index (χ4v) is 3.76. The molecule has 3 nitrogen and oxygen atoms in total. The number of ketones is 1. The molecule has 2 heterocycles. The molecular weight excluding hydrogens is 298 g/mol. The summed E-state index contributed by atoms with van der Waals surface area (Å²) in [7, 11) is 0. The van der Waals surface area contributed by atoms with Crippen LogP contribution in [0.5, 0.6) is 0 Å². The lowest BCUT2D eigenvalue weighted by molar-refractivity contribution is -0.120. The van der Waals surface area contributed by atoms with E-state index in [-0.39, 0.29) is 18.1 Å². The van der Waals surface area contributed by atoms with Crippen molar-refractivity contribution in [2.45, 2.75) is 17.7 Å². The standard InChI is InChI=1S/C18H14ClNO2/c19-18(11-12-5-2-1-3-6-12)16(21)14-8-4-7-13-9-10-20(15(13)14)17(18)22/h1-8H,9-11H2. The summed E-state index contributed by atoms with van der Waals surface area (Å²) in [6.07, 6.45) is 0.994. The second-order valence-electron chi connectivity index (χ2n) is 5.81. The molecule has 0 fully saturated rings. The zero-order valence-electron chi connectivity index (χ0n) is 11.9. The van der Waals surface area contributed by atoms with Crippen molar-refractivity contribution >= 4 is 29.0 Å². The van der Waals surface area contributed by atoms with Crippen molar-refractivity contribution in [2.24, 2.45) is 0 Å². The Balaban J connectivity index is 1.83. The molecule has 1 atom stereocenters. The maximum absolute atomic E-state index is 12.9. The van der Waals surface area contributed by atoms with Gasteiger partial charge in [-0.15, -0.1) is 0 Å². The van der Waals surface area contributed by atoms with Crippen LogP contribution in [0.2, 0.25) is 0 Å². The van der Waals surface area contributed by atoms with Crippen molar-refractivity contribution < 1.29 is 9.59 Å². The van der Waals surface area contributed by atoms with Gasteiger partial charge < -0.3 is 4.90 Å². The quantitative estimate of drug-likeness (QED) is 0.631. The molecule has 0 saturated heterocycles. The van der Waals surface area contributed by atoms with Gasteiger partial charge in [0, 0.05) is 18.5 Å². The monoisotopic (exact) mass is 311 g/mol. The van der Waals surface area contributed by atoms with Crippen molar-refractivity contribution in [1.82, 2.24) is 0 Å². The zero-order valence-corrected chi connectivity index (χ0v) is 12.6. The van der Waals surface area contributed by atoms with Gasteiger partial charge in [0.1, 0.15) is 0 Å². The Bertz CT molecular complexity index is 787. The Morgan fingerprint density at radius 3 is 2.59 bits per heavy atom. The van der Waals surface area contributed by atoms with Gasteiger partial charge in [-0.2, -0.15) is 0 Å². The van der Waals surface area contributed by atoms with E-state index < -0.39 is 4.87 Å². The number of hydrogen-bond acceptors (Lipinski definition) is 2. The number of alkyl halides is 1. The van der Waals surface area contributed by atoms with Gasteiger partial charge in [-0.25, -0.2) is 0 Å². The maximum atomic E-state index is 12.9. The molecule has 2 aliphatic rings. The third-order valence-electron chi connectivity index (χ3n) is 4.47. The van der Waals surface area contributed by atoms with Gasteiger partial charge in [-0.3, -0.25) is 9.59 Å².